The number of alkyl halides is 3. The summed E-state index contributed by atoms with van der Waals surface area (Å²) >= 11 is 0. The van der Waals surface area contributed by atoms with E-state index in [0.717, 1.165) is 11.1 Å². The van der Waals surface area contributed by atoms with Crippen molar-refractivity contribution < 1.29 is 27.5 Å². The first-order valence-corrected chi connectivity index (χ1v) is 9.62. The Balaban J connectivity index is 1.56. The van der Waals surface area contributed by atoms with Crippen LogP contribution in [0, 0.1) is 0 Å². The number of pyridine rings is 1. The van der Waals surface area contributed by atoms with Crippen LogP contribution in [0.4, 0.5) is 13.2 Å². The van der Waals surface area contributed by atoms with Gasteiger partial charge in [0, 0.05) is 42.6 Å². The number of hydrogen-bond donors (Lipinski definition) is 1. The second kappa shape index (κ2) is 10.4. The molecular weight excluding hydrogens is 421 g/mol. The van der Waals surface area contributed by atoms with Gasteiger partial charge in [0.2, 0.25) is 5.91 Å². The van der Waals surface area contributed by atoms with Crippen molar-refractivity contribution in [2.45, 2.75) is 19.3 Å². The molecular formula is C24H19F3N2O3. The lowest BCUT2D eigenvalue weighted by Crippen LogP contribution is -2.20. The predicted octanol–water partition coefficient (Wildman–Crippen LogP) is 4.74. The normalized spacial score (nSPS) is 11.3. The second-order valence-corrected chi connectivity index (χ2v) is 6.79. The molecule has 32 heavy (non-hydrogen) atoms. The van der Waals surface area contributed by atoms with Gasteiger partial charge in [0.1, 0.15) is 5.75 Å². The Labute approximate surface area is 182 Å². The second-order valence-electron chi connectivity index (χ2n) is 6.79. The van der Waals surface area contributed by atoms with Gasteiger partial charge in [0.15, 0.2) is 5.78 Å². The number of benzene rings is 2. The summed E-state index contributed by atoms with van der Waals surface area (Å²) in [5, 5.41) is 2.73. The lowest BCUT2D eigenvalue weighted by atomic mass is 10.0. The maximum Gasteiger partial charge on any atom is 0.573 e. The molecule has 0 aliphatic rings. The van der Waals surface area contributed by atoms with Crippen molar-refractivity contribution in [3.05, 3.63) is 101 Å². The van der Waals surface area contributed by atoms with Crippen molar-refractivity contribution in [2.75, 3.05) is 0 Å². The monoisotopic (exact) mass is 440 g/mol. The molecule has 0 spiro atoms. The molecule has 3 rings (SSSR count). The fourth-order valence-electron chi connectivity index (χ4n) is 2.85. The Morgan fingerprint density at radius 3 is 2.44 bits per heavy atom. The summed E-state index contributed by atoms with van der Waals surface area (Å²) in [5.41, 5.74) is 2.06. The zero-order chi connectivity index (χ0) is 23.0. The van der Waals surface area contributed by atoms with Crippen LogP contribution in [0.3, 0.4) is 0 Å². The van der Waals surface area contributed by atoms with E-state index in [1.807, 2.05) is 6.07 Å². The molecule has 3 aromatic rings. The third-order valence-electron chi connectivity index (χ3n) is 4.40. The number of carbonyl (C=O) groups excluding carboxylic acids is 2. The van der Waals surface area contributed by atoms with Gasteiger partial charge in [-0.2, -0.15) is 0 Å². The number of hydrogen-bond acceptors (Lipinski definition) is 4. The Bertz CT molecular complexity index is 1100. The summed E-state index contributed by atoms with van der Waals surface area (Å²) in [6, 6.07) is 15.6. The highest BCUT2D eigenvalue weighted by molar-refractivity contribution is 5.97. The third kappa shape index (κ3) is 7.09. The number of para-hydroxylation sites is 1. The van der Waals surface area contributed by atoms with Gasteiger partial charge < -0.3 is 10.1 Å². The van der Waals surface area contributed by atoms with Crippen molar-refractivity contribution in [1.82, 2.24) is 10.3 Å². The van der Waals surface area contributed by atoms with Crippen molar-refractivity contribution in [2.24, 2.45) is 0 Å². The molecule has 164 valence electrons. The fourth-order valence-corrected chi connectivity index (χ4v) is 2.85. The van der Waals surface area contributed by atoms with Crippen LogP contribution < -0.4 is 10.1 Å². The molecule has 0 bridgehead atoms. The van der Waals surface area contributed by atoms with Gasteiger partial charge in [-0.05, 0) is 29.3 Å². The molecule has 0 aliphatic carbocycles. The molecule has 2 aromatic carbocycles. The first-order chi connectivity index (χ1) is 15.3. The van der Waals surface area contributed by atoms with Crippen molar-refractivity contribution >= 4 is 17.8 Å². The minimum atomic E-state index is -4.83. The van der Waals surface area contributed by atoms with E-state index >= 15 is 0 Å². The van der Waals surface area contributed by atoms with E-state index in [2.05, 4.69) is 15.0 Å². The zero-order valence-electron chi connectivity index (χ0n) is 16.8. The van der Waals surface area contributed by atoms with Crippen LogP contribution in [-0.4, -0.2) is 23.0 Å². The van der Waals surface area contributed by atoms with Gasteiger partial charge in [-0.25, -0.2) is 0 Å². The highest BCUT2D eigenvalue weighted by atomic mass is 19.4. The highest BCUT2D eigenvalue weighted by Crippen LogP contribution is 2.27. The van der Waals surface area contributed by atoms with Crippen LogP contribution in [0.15, 0.2) is 79.1 Å². The molecule has 0 radical (unpaired) electrons. The van der Waals surface area contributed by atoms with Crippen molar-refractivity contribution in [1.29, 1.82) is 0 Å². The number of nitrogens with zero attached hydrogens (tertiary/aromatic N) is 1. The van der Waals surface area contributed by atoms with E-state index in [1.165, 1.54) is 24.3 Å². The number of ketones is 1. The summed E-state index contributed by atoms with van der Waals surface area (Å²) in [4.78, 5) is 28.4. The Morgan fingerprint density at radius 2 is 1.75 bits per heavy atom. The molecule has 0 unspecified atom stereocenters. The van der Waals surface area contributed by atoms with Crippen LogP contribution in [-0.2, 0) is 17.8 Å². The molecule has 1 amide bonds. The minimum Gasteiger partial charge on any atom is -0.405 e. The lowest BCUT2D eigenvalue weighted by Gasteiger charge is -2.13. The summed E-state index contributed by atoms with van der Waals surface area (Å²) in [5.74, 6) is -1.03. The maximum absolute atomic E-state index is 12.5. The Hall–Kier alpha value is -3.94. The first kappa shape index (κ1) is 22.7. The number of carbonyl (C=O) groups is 2. The van der Waals surface area contributed by atoms with Gasteiger partial charge in [-0.1, -0.05) is 48.5 Å². The van der Waals surface area contributed by atoms with Crippen LogP contribution >= 0.6 is 0 Å². The molecule has 0 aliphatic heterocycles. The van der Waals surface area contributed by atoms with Gasteiger partial charge in [0.25, 0.3) is 0 Å². The van der Waals surface area contributed by atoms with Crippen molar-refractivity contribution in [3.8, 4) is 5.75 Å². The zero-order valence-corrected chi connectivity index (χ0v) is 16.8. The number of halogens is 3. The predicted molar refractivity (Wildman–Crippen MR) is 113 cm³/mol. The van der Waals surface area contributed by atoms with Crippen molar-refractivity contribution in [3.63, 3.8) is 0 Å². The van der Waals surface area contributed by atoms with Crippen LogP contribution in [0.1, 0.15) is 27.0 Å². The first-order valence-electron chi connectivity index (χ1n) is 9.62. The summed E-state index contributed by atoms with van der Waals surface area (Å²) in [6.07, 6.45) is 1.24. The fraction of sp³-hybridized carbons (Fsp3) is 0.125. The van der Waals surface area contributed by atoms with E-state index in [9.17, 15) is 22.8 Å². The number of amides is 1. The van der Waals surface area contributed by atoms with E-state index in [-0.39, 0.29) is 30.2 Å². The number of aromatic nitrogens is 1. The SMILES string of the molecule is O=C(/C=C/c1cccnc1)NCc1ccc(C(=O)Cc2ccccc2OC(F)(F)F)cc1. The van der Waals surface area contributed by atoms with Gasteiger partial charge in [-0.15, -0.1) is 13.2 Å². The Morgan fingerprint density at radius 1 is 1.00 bits per heavy atom. The van der Waals surface area contributed by atoms with E-state index in [0.29, 0.717) is 5.56 Å². The molecule has 5 nitrogen and oxygen atoms in total. The van der Waals surface area contributed by atoms with Gasteiger partial charge >= 0.3 is 6.36 Å². The standard InChI is InChI=1S/C24H19F3N2O3/c25-24(26,27)32-22-6-2-1-5-20(22)14-21(30)19-10-7-18(8-11-19)16-29-23(31)12-9-17-4-3-13-28-15-17/h1-13,15H,14,16H2,(H,29,31)/b12-9+. The Kier molecular flexibility index (Phi) is 7.38. The summed E-state index contributed by atoms with van der Waals surface area (Å²) < 4.78 is 41.6. The number of Topliss-reactive ketones (excluding diaryl/α,β-unsaturated/α-hetero) is 1. The van der Waals surface area contributed by atoms with E-state index < -0.39 is 12.1 Å². The average Bonchev–Trinajstić information content (AvgIpc) is 2.77. The van der Waals surface area contributed by atoms with Gasteiger partial charge in [0.05, 0.1) is 0 Å². The summed E-state index contributed by atoms with van der Waals surface area (Å²) in [6.45, 7) is 0.257. The molecule has 8 heteroatoms. The quantitative estimate of drug-likeness (QED) is 0.406. The smallest absolute Gasteiger partial charge is 0.405 e. The largest absolute Gasteiger partial charge is 0.573 e. The third-order valence-corrected chi connectivity index (χ3v) is 4.40. The topological polar surface area (TPSA) is 68.3 Å². The van der Waals surface area contributed by atoms with E-state index in [1.54, 1.807) is 54.9 Å². The maximum atomic E-state index is 12.5. The summed E-state index contributed by atoms with van der Waals surface area (Å²) in [7, 11) is 0. The van der Waals surface area contributed by atoms with Crippen LogP contribution in [0.5, 0.6) is 5.75 Å². The number of rotatable bonds is 8. The van der Waals surface area contributed by atoms with Crippen LogP contribution in [0.2, 0.25) is 0 Å². The number of ether oxygens (including phenoxy) is 1. The molecule has 0 saturated heterocycles. The number of nitrogens with one attached hydrogen (secondary N) is 1. The van der Waals surface area contributed by atoms with Gasteiger partial charge in [-0.3, -0.25) is 14.6 Å². The van der Waals surface area contributed by atoms with E-state index in [4.69, 9.17) is 0 Å². The highest BCUT2D eigenvalue weighted by Gasteiger charge is 2.32. The molecule has 1 N–H and O–H groups in total. The molecule has 1 heterocycles. The molecule has 0 fully saturated rings. The molecule has 0 atom stereocenters. The average molecular weight is 440 g/mol. The lowest BCUT2D eigenvalue weighted by molar-refractivity contribution is -0.274. The van der Waals surface area contributed by atoms with Crippen LogP contribution in [0.25, 0.3) is 6.08 Å². The molecule has 0 saturated carbocycles. The molecule has 1 aromatic heterocycles. The minimum absolute atomic E-state index is 0.145.